The van der Waals surface area contributed by atoms with Crippen molar-refractivity contribution >= 4 is 49.9 Å². The Balaban J connectivity index is 1.90. The molecule has 4 aromatic rings. The van der Waals surface area contributed by atoms with Crippen molar-refractivity contribution in [2.24, 2.45) is 0 Å². The number of methoxy groups -OCH3 is 2. The lowest BCUT2D eigenvalue weighted by Gasteiger charge is -2.21. The van der Waals surface area contributed by atoms with Gasteiger partial charge in [0.05, 0.1) is 47.0 Å². The molecule has 0 bridgehead atoms. The van der Waals surface area contributed by atoms with Gasteiger partial charge in [-0.25, -0.2) is 4.98 Å². The van der Waals surface area contributed by atoms with Gasteiger partial charge in [0.25, 0.3) is 11.6 Å². The van der Waals surface area contributed by atoms with Crippen LogP contribution < -0.4 is 14.4 Å². The number of rotatable bonds is 7. The van der Waals surface area contributed by atoms with Crippen LogP contribution in [0.5, 0.6) is 11.5 Å². The van der Waals surface area contributed by atoms with Crippen molar-refractivity contribution in [1.82, 2.24) is 4.98 Å². The maximum absolute atomic E-state index is 13.8. The zero-order valence-corrected chi connectivity index (χ0v) is 20.1. The number of aryl methyl sites for hydroxylation is 1. The van der Waals surface area contributed by atoms with Crippen molar-refractivity contribution in [2.75, 3.05) is 19.1 Å². The number of nitro groups is 1. The minimum atomic E-state index is -0.616. The van der Waals surface area contributed by atoms with Crippen molar-refractivity contribution in [3.63, 3.8) is 0 Å². The number of anilines is 1. The Kier molecular flexibility index (Phi) is 6.67. The quantitative estimate of drug-likeness (QED) is 0.228. The highest BCUT2D eigenvalue weighted by atomic mass is 35.5. The maximum Gasteiger partial charge on any atom is 0.286 e. The van der Waals surface area contributed by atoms with E-state index in [1.165, 1.54) is 42.6 Å². The van der Waals surface area contributed by atoms with Crippen LogP contribution >= 0.6 is 22.9 Å². The summed E-state index contributed by atoms with van der Waals surface area (Å²) < 4.78 is 11.2. The molecule has 8 nitrogen and oxygen atoms in total. The van der Waals surface area contributed by atoms with E-state index in [-0.39, 0.29) is 23.6 Å². The van der Waals surface area contributed by atoms with E-state index in [0.29, 0.717) is 15.7 Å². The van der Waals surface area contributed by atoms with Crippen LogP contribution in [-0.4, -0.2) is 30.0 Å². The Morgan fingerprint density at radius 1 is 1.12 bits per heavy atom. The molecule has 174 valence electrons. The normalized spacial score (nSPS) is 10.8. The van der Waals surface area contributed by atoms with E-state index in [1.54, 1.807) is 6.07 Å². The Hall–Kier alpha value is -3.69. The summed E-state index contributed by atoms with van der Waals surface area (Å²) in [4.78, 5) is 31.2. The standard InChI is InChI=1S/C24H20ClN3O5S/c1-14-9-10-17(25)22-21(14)26-24(34-22)27(13-15-7-5-4-6-8-15)23(29)16-11-19(32-2)20(33-3)12-18(16)28(30)31/h4-12H,13H2,1-3H3. The number of halogens is 1. The summed E-state index contributed by atoms with van der Waals surface area (Å²) in [7, 11) is 2.77. The monoisotopic (exact) mass is 497 g/mol. The van der Waals surface area contributed by atoms with Gasteiger partial charge in [0, 0.05) is 6.07 Å². The number of amides is 1. The molecule has 1 aromatic heterocycles. The second-order valence-corrected chi connectivity index (χ2v) is 8.78. The Labute approximate surface area is 204 Å². The molecule has 0 unspecified atom stereocenters. The van der Waals surface area contributed by atoms with E-state index >= 15 is 0 Å². The van der Waals surface area contributed by atoms with Gasteiger partial charge in [0.15, 0.2) is 16.6 Å². The molecule has 34 heavy (non-hydrogen) atoms. The SMILES string of the molecule is COc1cc(C(=O)N(Cc2ccccc2)c2nc3c(C)ccc(Cl)c3s2)c([N+](=O)[O-])cc1OC. The van der Waals surface area contributed by atoms with Crippen LogP contribution in [0.25, 0.3) is 10.2 Å². The highest BCUT2D eigenvalue weighted by molar-refractivity contribution is 7.23. The van der Waals surface area contributed by atoms with Crippen molar-refractivity contribution in [3.05, 3.63) is 86.4 Å². The average molecular weight is 498 g/mol. The van der Waals surface area contributed by atoms with Gasteiger partial charge in [-0.15, -0.1) is 0 Å². The summed E-state index contributed by atoms with van der Waals surface area (Å²) in [6.07, 6.45) is 0. The van der Waals surface area contributed by atoms with Crippen LogP contribution in [0.1, 0.15) is 21.5 Å². The third-order valence-corrected chi connectivity index (χ3v) is 6.81. The number of ether oxygens (including phenoxy) is 2. The van der Waals surface area contributed by atoms with Gasteiger partial charge >= 0.3 is 0 Å². The van der Waals surface area contributed by atoms with E-state index in [4.69, 9.17) is 21.1 Å². The fourth-order valence-electron chi connectivity index (χ4n) is 3.53. The largest absolute Gasteiger partial charge is 0.493 e. The van der Waals surface area contributed by atoms with Gasteiger partial charge in [-0.1, -0.05) is 59.3 Å². The summed E-state index contributed by atoms with van der Waals surface area (Å²) in [6, 6.07) is 15.5. The number of thiazole rings is 1. The number of nitro benzene ring substituents is 1. The van der Waals surface area contributed by atoms with E-state index in [9.17, 15) is 14.9 Å². The highest BCUT2D eigenvalue weighted by Gasteiger charge is 2.30. The molecule has 1 amide bonds. The lowest BCUT2D eigenvalue weighted by Crippen LogP contribution is -2.31. The number of carbonyl (C=O) groups is 1. The second kappa shape index (κ2) is 9.66. The summed E-state index contributed by atoms with van der Waals surface area (Å²) in [5, 5.41) is 12.8. The first kappa shape index (κ1) is 23.5. The van der Waals surface area contributed by atoms with Gasteiger partial charge in [0.2, 0.25) is 0 Å². The molecule has 0 spiro atoms. The molecule has 0 aliphatic carbocycles. The molecule has 4 rings (SSSR count). The first-order chi connectivity index (χ1) is 16.3. The van der Waals surface area contributed by atoms with Crippen LogP contribution in [-0.2, 0) is 6.54 Å². The first-order valence-electron chi connectivity index (χ1n) is 10.2. The van der Waals surface area contributed by atoms with E-state index in [1.807, 2.05) is 43.3 Å². The van der Waals surface area contributed by atoms with Crippen molar-refractivity contribution in [2.45, 2.75) is 13.5 Å². The number of hydrogen-bond acceptors (Lipinski definition) is 7. The predicted octanol–water partition coefficient (Wildman–Crippen LogP) is 6.03. The van der Waals surface area contributed by atoms with Crippen molar-refractivity contribution in [3.8, 4) is 11.5 Å². The fourth-order valence-corrected chi connectivity index (χ4v) is 4.85. The first-order valence-corrected chi connectivity index (χ1v) is 11.3. The van der Waals surface area contributed by atoms with E-state index < -0.39 is 16.5 Å². The van der Waals surface area contributed by atoms with Crippen molar-refractivity contribution < 1.29 is 19.2 Å². The zero-order chi connectivity index (χ0) is 24.4. The maximum atomic E-state index is 13.8. The van der Waals surface area contributed by atoms with Gasteiger partial charge in [-0.2, -0.15) is 0 Å². The number of nitrogens with zero attached hydrogens (tertiary/aromatic N) is 3. The van der Waals surface area contributed by atoms with E-state index in [2.05, 4.69) is 4.98 Å². The minimum absolute atomic E-state index is 0.138. The summed E-state index contributed by atoms with van der Waals surface area (Å²) in [6.45, 7) is 2.06. The molecule has 10 heteroatoms. The molecule has 0 aliphatic heterocycles. The van der Waals surface area contributed by atoms with Gasteiger partial charge in [0.1, 0.15) is 5.56 Å². The van der Waals surface area contributed by atoms with Crippen LogP contribution in [0.15, 0.2) is 54.6 Å². The van der Waals surface area contributed by atoms with E-state index in [0.717, 1.165) is 15.8 Å². The number of aromatic nitrogens is 1. The van der Waals surface area contributed by atoms with Crippen LogP contribution in [0.3, 0.4) is 0 Å². The molecular formula is C24H20ClN3O5S. The molecule has 1 heterocycles. The molecule has 0 radical (unpaired) electrons. The van der Waals surface area contributed by atoms with Crippen LogP contribution in [0.4, 0.5) is 10.8 Å². The third kappa shape index (κ3) is 4.40. The van der Waals surface area contributed by atoms with Crippen molar-refractivity contribution in [1.29, 1.82) is 0 Å². The topological polar surface area (TPSA) is 94.8 Å². The lowest BCUT2D eigenvalue weighted by molar-refractivity contribution is -0.385. The summed E-state index contributed by atoms with van der Waals surface area (Å²) in [5.41, 5.74) is 1.89. The molecule has 0 fully saturated rings. The third-order valence-electron chi connectivity index (χ3n) is 5.27. The number of benzene rings is 3. The number of fused-ring (bicyclic) bond motifs is 1. The van der Waals surface area contributed by atoms with Gasteiger partial charge in [-0.05, 0) is 24.1 Å². The summed E-state index contributed by atoms with van der Waals surface area (Å²) >= 11 is 7.65. The average Bonchev–Trinajstić information content (AvgIpc) is 3.30. The Bertz CT molecular complexity index is 1350. The number of carbonyl (C=O) groups excluding carboxylic acids is 1. The van der Waals surface area contributed by atoms with Gasteiger partial charge < -0.3 is 9.47 Å². The lowest BCUT2D eigenvalue weighted by atomic mass is 10.1. The predicted molar refractivity (Wildman–Crippen MR) is 133 cm³/mol. The Morgan fingerprint density at radius 3 is 2.41 bits per heavy atom. The zero-order valence-electron chi connectivity index (χ0n) is 18.6. The second-order valence-electron chi connectivity index (χ2n) is 7.40. The highest BCUT2D eigenvalue weighted by Crippen LogP contribution is 2.39. The fraction of sp³-hybridized carbons (Fsp3) is 0.167. The molecule has 0 atom stereocenters. The summed E-state index contributed by atoms with van der Waals surface area (Å²) in [5.74, 6) is -0.230. The molecule has 3 aromatic carbocycles. The Morgan fingerprint density at radius 2 is 1.79 bits per heavy atom. The van der Waals surface area contributed by atoms with Crippen LogP contribution in [0, 0.1) is 17.0 Å². The number of hydrogen-bond donors (Lipinski definition) is 0. The smallest absolute Gasteiger partial charge is 0.286 e. The molecule has 0 N–H and O–H groups in total. The van der Waals surface area contributed by atoms with Gasteiger partial charge in [-0.3, -0.25) is 19.8 Å². The minimum Gasteiger partial charge on any atom is -0.493 e. The molecule has 0 saturated heterocycles. The molecule has 0 aliphatic rings. The molecular weight excluding hydrogens is 478 g/mol. The molecule has 0 saturated carbocycles. The van der Waals surface area contributed by atoms with Crippen LogP contribution in [0.2, 0.25) is 5.02 Å².